The fraction of sp³-hybridized carbons (Fsp3) is 0.810. The van der Waals surface area contributed by atoms with E-state index >= 15 is 0 Å². The predicted octanol–water partition coefficient (Wildman–Crippen LogP) is 7.55. The summed E-state index contributed by atoms with van der Waals surface area (Å²) in [7, 11) is 0. The second-order valence-corrected chi connectivity index (χ2v) is 6.89. The van der Waals surface area contributed by atoms with Gasteiger partial charge in [-0.25, -0.2) is 0 Å². The van der Waals surface area contributed by atoms with Crippen LogP contribution < -0.4 is 0 Å². The molecule has 21 heavy (non-hydrogen) atoms. The Morgan fingerprint density at radius 1 is 0.619 bits per heavy atom. The van der Waals surface area contributed by atoms with Gasteiger partial charge in [-0.1, -0.05) is 97.6 Å². The van der Waals surface area contributed by atoms with Gasteiger partial charge in [-0.15, -0.1) is 0 Å². The smallest absolute Gasteiger partial charge is 0.0351 e. The first-order valence-corrected chi connectivity index (χ1v) is 9.44. The highest BCUT2D eigenvalue weighted by Crippen LogP contribution is 2.17. The first-order chi connectivity index (χ1) is 10.2. The zero-order valence-electron chi connectivity index (χ0n) is 14.9. The molecule has 2 radical (unpaired) electrons. The summed E-state index contributed by atoms with van der Waals surface area (Å²) in [6, 6.07) is 0. The quantitative estimate of drug-likeness (QED) is 0.216. The lowest BCUT2D eigenvalue weighted by molar-refractivity contribution is 0.454. The summed E-state index contributed by atoms with van der Waals surface area (Å²) in [4.78, 5) is 0. The van der Waals surface area contributed by atoms with E-state index in [1.807, 2.05) is 0 Å². The van der Waals surface area contributed by atoms with Crippen molar-refractivity contribution >= 4 is 0 Å². The van der Waals surface area contributed by atoms with Crippen LogP contribution in [0.1, 0.15) is 97.3 Å². The Morgan fingerprint density at radius 2 is 1.05 bits per heavy atom. The number of unbranched alkanes of at least 4 members (excludes halogenated alkanes) is 5. The molecule has 0 heteroatoms. The minimum atomic E-state index is 0.889. The lowest BCUT2D eigenvalue weighted by atomic mass is 9.97. The highest BCUT2D eigenvalue weighted by atomic mass is 14.1. The average Bonchev–Trinajstić information content (AvgIpc) is 2.49. The SMILES string of the molecule is [CH2]CCCC(C)CCCC=CCCCCC(C)CCC[CH2]. The summed E-state index contributed by atoms with van der Waals surface area (Å²) < 4.78 is 0. The van der Waals surface area contributed by atoms with E-state index in [-0.39, 0.29) is 0 Å². The molecular formula is C21H40. The Hall–Kier alpha value is -0.260. The maximum atomic E-state index is 3.92. The zero-order valence-corrected chi connectivity index (χ0v) is 14.9. The molecule has 0 fully saturated rings. The molecule has 0 aliphatic rings. The molecule has 0 spiro atoms. The van der Waals surface area contributed by atoms with Gasteiger partial charge in [0, 0.05) is 0 Å². The van der Waals surface area contributed by atoms with Gasteiger partial charge in [0.05, 0.1) is 0 Å². The Labute approximate surface area is 135 Å². The summed E-state index contributed by atoms with van der Waals surface area (Å²) in [5, 5.41) is 0. The second-order valence-electron chi connectivity index (χ2n) is 6.89. The van der Waals surface area contributed by atoms with Crippen molar-refractivity contribution in [2.45, 2.75) is 97.3 Å². The van der Waals surface area contributed by atoms with Gasteiger partial charge in [-0.3, -0.25) is 0 Å². The summed E-state index contributed by atoms with van der Waals surface area (Å²) in [5.41, 5.74) is 0. The molecule has 0 aromatic rings. The molecule has 0 amide bonds. The van der Waals surface area contributed by atoms with Crippen LogP contribution in [-0.2, 0) is 0 Å². The van der Waals surface area contributed by atoms with Crippen LogP contribution in [0.5, 0.6) is 0 Å². The fourth-order valence-corrected chi connectivity index (χ4v) is 2.85. The van der Waals surface area contributed by atoms with Crippen molar-refractivity contribution in [2.24, 2.45) is 11.8 Å². The van der Waals surface area contributed by atoms with Crippen LogP contribution in [0.2, 0.25) is 0 Å². The second kappa shape index (κ2) is 16.1. The van der Waals surface area contributed by atoms with E-state index in [1.165, 1.54) is 70.6 Å². The molecule has 0 saturated heterocycles. The summed E-state index contributed by atoms with van der Waals surface area (Å²) in [5.74, 6) is 1.79. The minimum Gasteiger partial charge on any atom is -0.0885 e. The summed E-state index contributed by atoms with van der Waals surface area (Å²) >= 11 is 0. The van der Waals surface area contributed by atoms with Crippen molar-refractivity contribution in [3.63, 3.8) is 0 Å². The van der Waals surface area contributed by atoms with Gasteiger partial charge in [-0.2, -0.15) is 0 Å². The van der Waals surface area contributed by atoms with Crippen molar-refractivity contribution in [2.75, 3.05) is 0 Å². The van der Waals surface area contributed by atoms with Gasteiger partial charge < -0.3 is 0 Å². The number of hydrogen-bond acceptors (Lipinski definition) is 0. The first-order valence-electron chi connectivity index (χ1n) is 9.44. The molecule has 2 unspecified atom stereocenters. The van der Waals surface area contributed by atoms with Gasteiger partial charge in [0.25, 0.3) is 0 Å². The molecule has 0 heterocycles. The van der Waals surface area contributed by atoms with Crippen LogP contribution in [0.25, 0.3) is 0 Å². The minimum absolute atomic E-state index is 0.889. The molecular weight excluding hydrogens is 252 g/mol. The third kappa shape index (κ3) is 15.9. The molecule has 0 N–H and O–H groups in total. The predicted molar refractivity (Wildman–Crippen MR) is 98.2 cm³/mol. The Kier molecular flexibility index (Phi) is 15.9. The lowest BCUT2D eigenvalue weighted by Gasteiger charge is -2.09. The van der Waals surface area contributed by atoms with Crippen LogP contribution in [0, 0.1) is 25.7 Å². The molecule has 2 atom stereocenters. The van der Waals surface area contributed by atoms with Gasteiger partial charge in [0.1, 0.15) is 0 Å². The van der Waals surface area contributed by atoms with Gasteiger partial charge in [0.2, 0.25) is 0 Å². The van der Waals surface area contributed by atoms with Crippen LogP contribution in [0.15, 0.2) is 12.2 Å². The maximum absolute atomic E-state index is 3.92. The molecule has 0 aromatic heterocycles. The highest BCUT2D eigenvalue weighted by Gasteiger charge is 2.01. The average molecular weight is 293 g/mol. The van der Waals surface area contributed by atoms with Crippen LogP contribution >= 0.6 is 0 Å². The van der Waals surface area contributed by atoms with E-state index < -0.39 is 0 Å². The third-order valence-corrected chi connectivity index (χ3v) is 4.45. The highest BCUT2D eigenvalue weighted by molar-refractivity contribution is 4.81. The summed E-state index contributed by atoms with van der Waals surface area (Å²) in [6.45, 7) is 12.6. The number of rotatable bonds is 15. The van der Waals surface area contributed by atoms with Crippen LogP contribution in [0.4, 0.5) is 0 Å². The molecule has 0 aliphatic heterocycles. The van der Waals surface area contributed by atoms with Gasteiger partial charge in [-0.05, 0) is 37.5 Å². The fourth-order valence-electron chi connectivity index (χ4n) is 2.85. The molecule has 0 aromatic carbocycles. The Morgan fingerprint density at radius 3 is 1.57 bits per heavy atom. The summed E-state index contributed by atoms with van der Waals surface area (Å²) in [6.07, 6.45) is 21.8. The molecule has 124 valence electrons. The Bertz CT molecular complexity index is 216. The normalized spacial score (nSPS) is 14.7. The van der Waals surface area contributed by atoms with E-state index in [2.05, 4.69) is 39.8 Å². The number of hydrogen-bond donors (Lipinski definition) is 0. The molecule has 0 bridgehead atoms. The maximum Gasteiger partial charge on any atom is -0.0351 e. The topological polar surface area (TPSA) is 0 Å². The molecule has 0 saturated carbocycles. The van der Waals surface area contributed by atoms with Crippen molar-refractivity contribution in [3.05, 3.63) is 26.0 Å². The van der Waals surface area contributed by atoms with E-state index in [0.717, 1.165) is 24.7 Å². The Balaban J connectivity index is 3.29. The van der Waals surface area contributed by atoms with E-state index in [9.17, 15) is 0 Å². The first kappa shape index (κ1) is 20.7. The van der Waals surface area contributed by atoms with E-state index in [1.54, 1.807) is 0 Å². The monoisotopic (exact) mass is 292 g/mol. The van der Waals surface area contributed by atoms with Gasteiger partial charge in [0.15, 0.2) is 0 Å². The largest absolute Gasteiger partial charge is 0.0885 e. The van der Waals surface area contributed by atoms with Crippen LogP contribution in [-0.4, -0.2) is 0 Å². The molecule has 0 aliphatic carbocycles. The van der Waals surface area contributed by atoms with E-state index in [0.29, 0.717) is 0 Å². The van der Waals surface area contributed by atoms with Crippen molar-refractivity contribution in [1.82, 2.24) is 0 Å². The van der Waals surface area contributed by atoms with Crippen molar-refractivity contribution in [1.29, 1.82) is 0 Å². The lowest BCUT2D eigenvalue weighted by Crippen LogP contribution is -1.94. The van der Waals surface area contributed by atoms with E-state index in [4.69, 9.17) is 0 Å². The van der Waals surface area contributed by atoms with Crippen molar-refractivity contribution in [3.8, 4) is 0 Å². The third-order valence-electron chi connectivity index (χ3n) is 4.45. The van der Waals surface area contributed by atoms with Crippen molar-refractivity contribution < 1.29 is 0 Å². The molecule has 0 rings (SSSR count). The number of allylic oxidation sites excluding steroid dienone is 2. The van der Waals surface area contributed by atoms with Crippen LogP contribution in [0.3, 0.4) is 0 Å². The molecule has 0 nitrogen and oxygen atoms in total. The van der Waals surface area contributed by atoms with Gasteiger partial charge >= 0.3 is 0 Å². The standard InChI is InChI=1S/C21H40/c1-5-7-16-20(3)18-14-12-10-9-11-13-15-19-21(4)17-8-6-2/h9-10,20-21H,1-2,5-8,11-19H2,3-4H3. The zero-order chi connectivity index (χ0) is 15.8.